The Hall–Kier alpha value is -0.870. The number of rotatable bonds is 4. The predicted octanol–water partition coefficient (Wildman–Crippen LogP) is 1.88. The fourth-order valence-corrected chi connectivity index (χ4v) is 2.27. The lowest BCUT2D eigenvalue weighted by atomic mass is 10.1. The number of methoxy groups -OCH3 is 1. The summed E-state index contributed by atoms with van der Waals surface area (Å²) in [7, 11) is 1.41. The van der Waals surface area contributed by atoms with Crippen LogP contribution >= 0.6 is 11.3 Å². The van der Waals surface area contributed by atoms with Crippen molar-refractivity contribution in [3.63, 3.8) is 0 Å². The molecule has 78 valence electrons. The predicted molar refractivity (Wildman–Crippen MR) is 57.5 cm³/mol. The van der Waals surface area contributed by atoms with Crippen LogP contribution in [0.4, 0.5) is 0 Å². The molecular weight excluding hydrogens is 198 g/mol. The number of esters is 1. The Balaban J connectivity index is 2.88. The molecule has 0 aliphatic carbocycles. The molecule has 1 aromatic heterocycles. The van der Waals surface area contributed by atoms with Gasteiger partial charge in [0, 0.05) is 4.88 Å². The SMILES string of the molecule is CCNC(C(=O)OC)c1sccc1C. The van der Waals surface area contributed by atoms with Gasteiger partial charge in [-0.2, -0.15) is 0 Å². The zero-order chi connectivity index (χ0) is 10.6. The highest BCUT2D eigenvalue weighted by atomic mass is 32.1. The van der Waals surface area contributed by atoms with E-state index in [9.17, 15) is 4.79 Å². The van der Waals surface area contributed by atoms with E-state index in [-0.39, 0.29) is 12.0 Å². The van der Waals surface area contributed by atoms with E-state index in [1.54, 1.807) is 11.3 Å². The van der Waals surface area contributed by atoms with Crippen LogP contribution in [0.1, 0.15) is 23.4 Å². The summed E-state index contributed by atoms with van der Waals surface area (Å²) in [5.41, 5.74) is 1.13. The van der Waals surface area contributed by atoms with Crippen LogP contribution in [-0.4, -0.2) is 19.6 Å². The molecule has 14 heavy (non-hydrogen) atoms. The summed E-state index contributed by atoms with van der Waals surface area (Å²) in [5.74, 6) is -0.225. The molecule has 0 saturated heterocycles. The number of likely N-dealkylation sites (N-methyl/N-ethyl adjacent to an activating group) is 1. The number of aryl methyl sites for hydroxylation is 1. The third-order valence-corrected chi connectivity index (χ3v) is 3.09. The highest BCUT2D eigenvalue weighted by Crippen LogP contribution is 2.24. The summed E-state index contributed by atoms with van der Waals surface area (Å²) in [6, 6.07) is 1.69. The van der Waals surface area contributed by atoms with E-state index >= 15 is 0 Å². The summed E-state index contributed by atoms with van der Waals surface area (Å²) in [6.45, 7) is 4.72. The van der Waals surface area contributed by atoms with E-state index in [0.717, 1.165) is 17.0 Å². The standard InChI is InChI=1S/C10H15NO2S/c1-4-11-8(10(12)13-3)9-7(2)5-6-14-9/h5-6,8,11H,4H2,1-3H3. The number of carbonyl (C=O) groups is 1. The van der Waals surface area contributed by atoms with E-state index in [1.165, 1.54) is 7.11 Å². The minimum atomic E-state index is -0.315. The van der Waals surface area contributed by atoms with Gasteiger partial charge in [-0.3, -0.25) is 0 Å². The maximum atomic E-state index is 11.5. The van der Waals surface area contributed by atoms with Gasteiger partial charge in [0.2, 0.25) is 0 Å². The van der Waals surface area contributed by atoms with Gasteiger partial charge in [0.15, 0.2) is 0 Å². The van der Waals surface area contributed by atoms with Crippen molar-refractivity contribution in [3.8, 4) is 0 Å². The van der Waals surface area contributed by atoms with E-state index in [4.69, 9.17) is 4.74 Å². The number of nitrogens with one attached hydrogen (secondary N) is 1. The molecule has 0 aliphatic heterocycles. The lowest BCUT2D eigenvalue weighted by Crippen LogP contribution is -2.29. The third-order valence-electron chi connectivity index (χ3n) is 2.01. The Morgan fingerprint density at radius 1 is 1.71 bits per heavy atom. The average molecular weight is 213 g/mol. The molecular formula is C10H15NO2S. The highest BCUT2D eigenvalue weighted by molar-refractivity contribution is 7.10. The largest absolute Gasteiger partial charge is 0.468 e. The molecule has 4 heteroatoms. The Kier molecular flexibility index (Phi) is 4.10. The molecule has 0 bridgehead atoms. The van der Waals surface area contributed by atoms with Crippen molar-refractivity contribution < 1.29 is 9.53 Å². The topological polar surface area (TPSA) is 38.3 Å². The van der Waals surface area contributed by atoms with Crippen molar-refractivity contribution in [2.75, 3.05) is 13.7 Å². The molecule has 1 atom stereocenters. The van der Waals surface area contributed by atoms with E-state index in [0.29, 0.717) is 0 Å². The summed E-state index contributed by atoms with van der Waals surface area (Å²) in [4.78, 5) is 12.5. The van der Waals surface area contributed by atoms with Crippen LogP contribution in [0, 0.1) is 6.92 Å². The first kappa shape index (κ1) is 11.2. The van der Waals surface area contributed by atoms with Gasteiger partial charge >= 0.3 is 5.97 Å². The summed E-state index contributed by atoms with van der Waals surface area (Å²) in [5, 5.41) is 5.10. The van der Waals surface area contributed by atoms with Crippen molar-refractivity contribution in [2.45, 2.75) is 19.9 Å². The Bertz CT molecular complexity index is 309. The normalized spacial score (nSPS) is 12.5. The number of ether oxygens (including phenoxy) is 1. The van der Waals surface area contributed by atoms with Gasteiger partial charge < -0.3 is 10.1 Å². The smallest absolute Gasteiger partial charge is 0.328 e. The van der Waals surface area contributed by atoms with Crippen molar-refractivity contribution in [1.29, 1.82) is 0 Å². The van der Waals surface area contributed by atoms with Gasteiger partial charge in [-0.15, -0.1) is 11.3 Å². The first-order valence-electron chi connectivity index (χ1n) is 4.56. The minimum Gasteiger partial charge on any atom is -0.468 e. The van der Waals surface area contributed by atoms with Gasteiger partial charge in [0.25, 0.3) is 0 Å². The van der Waals surface area contributed by atoms with Crippen LogP contribution in [0.25, 0.3) is 0 Å². The first-order valence-corrected chi connectivity index (χ1v) is 5.43. The third kappa shape index (κ3) is 2.33. The van der Waals surface area contributed by atoms with Gasteiger partial charge in [0.1, 0.15) is 6.04 Å². The molecule has 1 unspecified atom stereocenters. The summed E-state index contributed by atoms with van der Waals surface area (Å²) in [6.07, 6.45) is 0. The minimum absolute atomic E-state index is 0.225. The maximum absolute atomic E-state index is 11.5. The van der Waals surface area contributed by atoms with Crippen molar-refractivity contribution in [3.05, 3.63) is 21.9 Å². The molecule has 3 nitrogen and oxygen atoms in total. The lowest BCUT2D eigenvalue weighted by molar-refractivity contribution is -0.143. The Morgan fingerprint density at radius 2 is 2.43 bits per heavy atom. The monoisotopic (exact) mass is 213 g/mol. The van der Waals surface area contributed by atoms with E-state index in [2.05, 4.69) is 5.32 Å². The van der Waals surface area contributed by atoms with E-state index in [1.807, 2.05) is 25.3 Å². The zero-order valence-electron chi connectivity index (χ0n) is 8.66. The van der Waals surface area contributed by atoms with Gasteiger partial charge in [0.05, 0.1) is 7.11 Å². The van der Waals surface area contributed by atoms with Crippen molar-refractivity contribution >= 4 is 17.3 Å². The highest BCUT2D eigenvalue weighted by Gasteiger charge is 2.22. The average Bonchev–Trinajstić information content (AvgIpc) is 2.60. The van der Waals surface area contributed by atoms with Crippen molar-refractivity contribution in [1.82, 2.24) is 5.32 Å². The van der Waals surface area contributed by atoms with Crippen molar-refractivity contribution in [2.24, 2.45) is 0 Å². The molecule has 1 N–H and O–H groups in total. The Labute approximate surface area is 88.1 Å². The van der Waals surface area contributed by atoms with E-state index < -0.39 is 0 Å². The Morgan fingerprint density at radius 3 is 2.86 bits per heavy atom. The number of thiophene rings is 1. The number of hydrogen-bond acceptors (Lipinski definition) is 4. The summed E-state index contributed by atoms with van der Waals surface area (Å²) >= 11 is 1.58. The van der Waals surface area contributed by atoms with Crippen LogP contribution < -0.4 is 5.32 Å². The molecule has 0 fully saturated rings. The molecule has 1 heterocycles. The maximum Gasteiger partial charge on any atom is 0.328 e. The fraction of sp³-hybridized carbons (Fsp3) is 0.500. The quantitative estimate of drug-likeness (QED) is 0.776. The lowest BCUT2D eigenvalue weighted by Gasteiger charge is -2.14. The van der Waals surface area contributed by atoms with Crippen LogP contribution in [0.5, 0.6) is 0 Å². The molecule has 1 rings (SSSR count). The summed E-state index contributed by atoms with van der Waals surface area (Å²) < 4.78 is 4.75. The molecule has 1 aromatic rings. The van der Waals surface area contributed by atoms with Crippen LogP contribution in [0.15, 0.2) is 11.4 Å². The fourth-order valence-electron chi connectivity index (χ4n) is 1.29. The van der Waals surface area contributed by atoms with Crippen LogP contribution in [-0.2, 0) is 9.53 Å². The first-order chi connectivity index (χ1) is 6.70. The molecule has 0 amide bonds. The number of carbonyl (C=O) groups excluding carboxylic acids is 1. The number of hydrogen-bond donors (Lipinski definition) is 1. The zero-order valence-corrected chi connectivity index (χ0v) is 9.48. The van der Waals surface area contributed by atoms with Crippen LogP contribution in [0.3, 0.4) is 0 Å². The van der Waals surface area contributed by atoms with Gasteiger partial charge in [-0.1, -0.05) is 6.92 Å². The molecule has 0 spiro atoms. The molecule has 0 aromatic carbocycles. The van der Waals surface area contributed by atoms with Gasteiger partial charge in [-0.05, 0) is 30.5 Å². The second-order valence-electron chi connectivity index (χ2n) is 2.98. The molecule has 0 radical (unpaired) electrons. The second kappa shape index (κ2) is 5.12. The molecule has 0 saturated carbocycles. The molecule has 0 aliphatic rings. The van der Waals surface area contributed by atoms with Crippen LogP contribution in [0.2, 0.25) is 0 Å². The van der Waals surface area contributed by atoms with Gasteiger partial charge in [-0.25, -0.2) is 4.79 Å². The second-order valence-corrected chi connectivity index (χ2v) is 3.93.